The van der Waals surface area contributed by atoms with Crippen LogP contribution in [0.2, 0.25) is 0 Å². The number of hydrogen-bond donors (Lipinski definition) is 2. The van der Waals surface area contributed by atoms with Crippen molar-refractivity contribution >= 4 is 5.91 Å². The first-order valence-electron chi connectivity index (χ1n) is 7.24. The Morgan fingerprint density at radius 3 is 2.53 bits per heavy atom. The predicted octanol–water partition coefficient (Wildman–Crippen LogP) is 2.95. The number of benzene rings is 1. The van der Waals surface area contributed by atoms with Crippen molar-refractivity contribution < 1.29 is 4.79 Å². The lowest BCUT2D eigenvalue weighted by atomic mass is 10.0. The van der Waals surface area contributed by atoms with Gasteiger partial charge in [0.1, 0.15) is 0 Å². The lowest BCUT2D eigenvalue weighted by Crippen LogP contribution is -2.21. The van der Waals surface area contributed by atoms with E-state index in [1.807, 2.05) is 0 Å². The van der Waals surface area contributed by atoms with E-state index in [1.54, 1.807) is 0 Å². The zero-order valence-electron chi connectivity index (χ0n) is 12.1. The van der Waals surface area contributed by atoms with Crippen molar-refractivity contribution in [2.45, 2.75) is 52.0 Å². The van der Waals surface area contributed by atoms with Crippen LogP contribution in [0.15, 0.2) is 24.3 Å². The molecule has 0 aliphatic rings. The Morgan fingerprint density at radius 1 is 1.26 bits per heavy atom. The minimum Gasteiger partial charge on any atom is -0.370 e. The largest absolute Gasteiger partial charge is 0.370 e. The number of aryl methyl sites for hydroxylation is 1. The van der Waals surface area contributed by atoms with Crippen LogP contribution >= 0.6 is 0 Å². The average Bonchev–Trinajstić information content (AvgIpc) is 2.41. The van der Waals surface area contributed by atoms with Crippen molar-refractivity contribution in [1.82, 2.24) is 5.32 Å². The van der Waals surface area contributed by atoms with Crippen molar-refractivity contribution in [3.05, 3.63) is 35.4 Å². The van der Waals surface area contributed by atoms with E-state index < -0.39 is 0 Å². The Kier molecular flexibility index (Phi) is 7.19. The quantitative estimate of drug-likeness (QED) is 0.672. The highest BCUT2D eigenvalue weighted by Crippen LogP contribution is 2.14. The van der Waals surface area contributed by atoms with Crippen molar-refractivity contribution in [2.24, 2.45) is 5.73 Å². The van der Waals surface area contributed by atoms with Crippen LogP contribution in [0.5, 0.6) is 0 Å². The van der Waals surface area contributed by atoms with Gasteiger partial charge in [0.15, 0.2) is 0 Å². The zero-order valence-corrected chi connectivity index (χ0v) is 12.1. The molecule has 0 aliphatic heterocycles. The monoisotopic (exact) mass is 262 g/mol. The van der Waals surface area contributed by atoms with Crippen molar-refractivity contribution in [3.8, 4) is 0 Å². The fourth-order valence-corrected chi connectivity index (χ4v) is 2.05. The second-order valence-electron chi connectivity index (χ2n) is 5.09. The van der Waals surface area contributed by atoms with Gasteiger partial charge in [-0.2, -0.15) is 0 Å². The fraction of sp³-hybridized carbons (Fsp3) is 0.562. The highest BCUT2D eigenvalue weighted by Gasteiger charge is 2.04. The molecule has 0 spiro atoms. The van der Waals surface area contributed by atoms with E-state index >= 15 is 0 Å². The maximum Gasteiger partial charge on any atom is 0.217 e. The second kappa shape index (κ2) is 8.70. The number of amides is 1. The minimum atomic E-state index is -0.227. The van der Waals surface area contributed by atoms with Crippen molar-refractivity contribution in [2.75, 3.05) is 6.54 Å². The highest BCUT2D eigenvalue weighted by atomic mass is 16.1. The van der Waals surface area contributed by atoms with E-state index in [0.29, 0.717) is 12.5 Å². The summed E-state index contributed by atoms with van der Waals surface area (Å²) in [7, 11) is 0. The van der Waals surface area contributed by atoms with Gasteiger partial charge >= 0.3 is 0 Å². The molecular weight excluding hydrogens is 236 g/mol. The van der Waals surface area contributed by atoms with Gasteiger partial charge in [0.05, 0.1) is 0 Å². The highest BCUT2D eigenvalue weighted by molar-refractivity contribution is 5.73. The van der Waals surface area contributed by atoms with Gasteiger partial charge in [-0.3, -0.25) is 4.79 Å². The van der Waals surface area contributed by atoms with Gasteiger partial charge in [-0.25, -0.2) is 0 Å². The van der Waals surface area contributed by atoms with Crippen LogP contribution in [-0.4, -0.2) is 12.5 Å². The summed E-state index contributed by atoms with van der Waals surface area (Å²) >= 11 is 0. The predicted molar refractivity (Wildman–Crippen MR) is 79.9 cm³/mol. The van der Waals surface area contributed by atoms with Gasteiger partial charge in [0.2, 0.25) is 5.91 Å². The fourth-order valence-electron chi connectivity index (χ4n) is 2.05. The summed E-state index contributed by atoms with van der Waals surface area (Å²) < 4.78 is 0. The van der Waals surface area contributed by atoms with Gasteiger partial charge in [-0.15, -0.1) is 0 Å². The first kappa shape index (κ1) is 15.7. The number of carbonyl (C=O) groups is 1. The van der Waals surface area contributed by atoms with Gasteiger partial charge in [-0.05, 0) is 43.9 Å². The van der Waals surface area contributed by atoms with E-state index in [-0.39, 0.29) is 5.91 Å². The van der Waals surface area contributed by atoms with Crippen molar-refractivity contribution in [1.29, 1.82) is 0 Å². The second-order valence-corrected chi connectivity index (χ2v) is 5.09. The van der Waals surface area contributed by atoms with E-state index in [2.05, 4.69) is 43.4 Å². The Balaban J connectivity index is 2.35. The van der Waals surface area contributed by atoms with Gasteiger partial charge in [-0.1, -0.05) is 37.6 Å². The van der Waals surface area contributed by atoms with Crippen LogP contribution < -0.4 is 11.1 Å². The average molecular weight is 262 g/mol. The lowest BCUT2D eigenvalue weighted by Gasteiger charge is -2.14. The molecule has 1 aromatic carbocycles. The number of unbranched alkanes of at least 4 members (excludes halogenated alkanes) is 1. The molecule has 106 valence electrons. The van der Waals surface area contributed by atoms with E-state index in [1.165, 1.54) is 24.0 Å². The molecule has 1 amide bonds. The molecule has 0 heterocycles. The van der Waals surface area contributed by atoms with Crippen LogP contribution in [0.4, 0.5) is 0 Å². The summed E-state index contributed by atoms with van der Waals surface area (Å²) in [6.45, 7) is 5.18. The Hall–Kier alpha value is -1.35. The molecule has 3 N–H and O–H groups in total. The number of nitrogens with two attached hydrogens (primary N) is 1. The number of hydrogen-bond acceptors (Lipinski definition) is 2. The molecule has 0 aromatic heterocycles. The summed E-state index contributed by atoms with van der Waals surface area (Å²) in [4.78, 5) is 10.6. The number of nitrogens with one attached hydrogen (secondary N) is 1. The zero-order chi connectivity index (χ0) is 14.1. The third-order valence-corrected chi connectivity index (χ3v) is 3.35. The first-order chi connectivity index (χ1) is 9.13. The molecule has 0 aliphatic carbocycles. The summed E-state index contributed by atoms with van der Waals surface area (Å²) in [5, 5.41) is 3.41. The van der Waals surface area contributed by atoms with Crippen LogP contribution in [0.3, 0.4) is 0 Å². The SMILES string of the molecule is CCCCc1ccc(C(C)NCCCC(N)=O)cc1. The molecule has 19 heavy (non-hydrogen) atoms. The van der Waals surface area contributed by atoms with Crippen molar-refractivity contribution in [3.63, 3.8) is 0 Å². The minimum absolute atomic E-state index is 0.227. The normalized spacial score (nSPS) is 12.3. The number of primary amides is 1. The molecule has 1 aromatic rings. The van der Waals surface area contributed by atoms with Gasteiger partial charge in [0.25, 0.3) is 0 Å². The van der Waals surface area contributed by atoms with E-state index in [9.17, 15) is 4.79 Å². The summed E-state index contributed by atoms with van der Waals surface area (Å²) in [5.74, 6) is -0.227. The number of rotatable bonds is 9. The van der Waals surface area contributed by atoms with Gasteiger partial charge < -0.3 is 11.1 Å². The summed E-state index contributed by atoms with van der Waals surface area (Å²) in [6, 6.07) is 9.13. The summed E-state index contributed by atoms with van der Waals surface area (Å²) in [5.41, 5.74) is 7.81. The van der Waals surface area contributed by atoms with E-state index in [0.717, 1.165) is 19.4 Å². The molecule has 0 saturated carbocycles. The van der Waals surface area contributed by atoms with Crippen LogP contribution in [-0.2, 0) is 11.2 Å². The van der Waals surface area contributed by atoms with Crippen LogP contribution in [0.1, 0.15) is 56.7 Å². The van der Waals surface area contributed by atoms with E-state index in [4.69, 9.17) is 5.73 Å². The standard InChI is InChI=1S/C16H26N2O/c1-3-4-6-14-8-10-15(11-9-14)13(2)18-12-5-7-16(17)19/h8-11,13,18H,3-7,12H2,1-2H3,(H2,17,19). The molecule has 3 heteroatoms. The third kappa shape index (κ3) is 6.39. The smallest absolute Gasteiger partial charge is 0.217 e. The van der Waals surface area contributed by atoms with Crippen LogP contribution in [0, 0.1) is 0 Å². The Morgan fingerprint density at radius 2 is 1.95 bits per heavy atom. The topological polar surface area (TPSA) is 55.1 Å². The molecule has 1 atom stereocenters. The first-order valence-corrected chi connectivity index (χ1v) is 7.24. The third-order valence-electron chi connectivity index (χ3n) is 3.35. The number of carbonyl (C=O) groups excluding carboxylic acids is 1. The molecule has 0 bridgehead atoms. The Labute approximate surface area is 116 Å². The molecule has 0 radical (unpaired) electrons. The molecule has 0 saturated heterocycles. The molecule has 3 nitrogen and oxygen atoms in total. The Bertz CT molecular complexity index is 373. The lowest BCUT2D eigenvalue weighted by molar-refractivity contribution is -0.118. The molecule has 0 fully saturated rings. The molecular formula is C16H26N2O. The van der Waals surface area contributed by atoms with Crippen LogP contribution in [0.25, 0.3) is 0 Å². The van der Waals surface area contributed by atoms with Gasteiger partial charge in [0, 0.05) is 12.5 Å². The maximum absolute atomic E-state index is 10.6. The molecule has 1 unspecified atom stereocenters. The maximum atomic E-state index is 10.6. The molecule has 1 rings (SSSR count). The summed E-state index contributed by atoms with van der Waals surface area (Å²) in [6.07, 6.45) is 4.90.